The topological polar surface area (TPSA) is 101 Å². The first-order chi connectivity index (χ1) is 7.07. The summed E-state index contributed by atoms with van der Waals surface area (Å²) in [4.78, 5) is 0. The SMILES string of the molecule is CCO.CCO.CCO.CCO.CCO. The third kappa shape index (κ3) is 48000. The monoisotopic (exact) mass is 230 g/mol. The van der Waals surface area contributed by atoms with Crippen LogP contribution in [-0.4, -0.2) is 58.6 Å². The average Bonchev–Trinajstić information content (AvgIpc) is 2.09. The molecule has 0 spiro atoms. The van der Waals surface area contributed by atoms with Gasteiger partial charge in [0.2, 0.25) is 0 Å². The zero-order chi connectivity index (χ0) is 13.5. The highest BCUT2D eigenvalue weighted by atomic mass is 16.3. The molecule has 0 aliphatic heterocycles. The van der Waals surface area contributed by atoms with Crippen molar-refractivity contribution in [1.82, 2.24) is 0 Å². The van der Waals surface area contributed by atoms with Gasteiger partial charge in [0.15, 0.2) is 0 Å². The Morgan fingerprint density at radius 3 is 0.400 bits per heavy atom. The third-order valence-corrected chi connectivity index (χ3v) is 0. The van der Waals surface area contributed by atoms with Crippen LogP contribution in [0, 0.1) is 0 Å². The van der Waals surface area contributed by atoms with Crippen molar-refractivity contribution in [2.45, 2.75) is 34.6 Å². The summed E-state index contributed by atoms with van der Waals surface area (Å²) in [5, 5.41) is 37.8. The molecule has 5 N–H and O–H groups in total. The molecule has 0 saturated carbocycles. The van der Waals surface area contributed by atoms with Crippen LogP contribution in [0.1, 0.15) is 34.6 Å². The molecule has 5 heteroatoms. The maximum atomic E-state index is 7.57. The summed E-state index contributed by atoms with van der Waals surface area (Å²) in [6.07, 6.45) is 0. The normalized spacial score (nSPS) is 6.00. The maximum Gasteiger partial charge on any atom is 0.0402 e. The lowest BCUT2D eigenvalue weighted by atomic mass is 10.9. The van der Waals surface area contributed by atoms with Crippen LogP contribution in [0.25, 0.3) is 0 Å². The standard InChI is InChI=1S/5C2H6O/c5*1-2-3/h5*3H,2H2,1H3. The fraction of sp³-hybridized carbons (Fsp3) is 1.00. The number of hydrogen-bond donors (Lipinski definition) is 5. The summed E-state index contributed by atoms with van der Waals surface area (Å²) in [6.45, 7) is 9.65. The largest absolute Gasteiger partial charge is 0.397 e. The zero-order valence-corrected chi connectivity index (χ0v) is 10.8. The summed E-state index contributed by atoms with van der Waals surface area (Å²) in [5.74, 6) is 0. The van der Waals surface area contributed by atoms with Crippen LogP contribution in [0.4, 0.5) is 0 Å². The van der Waals surface area contributed by atoms with E-state index in [9.17, 15) is 0 Å². The zero-order valence-electron chi connectivity index (χ0n) is 10.8. The lowest BCUT2D eigenvalue weighted by Gasteiger charge is -1.52. The van der Waals surface area contributed by atoms with Crippen LogP contribution in [0.2, 0.25) is 0 Å². The quantitative estimate of drug-likeness (QED) is 0.403. The van der Waals surface area contributed by atoms with Gasteiger partial charge in [-0.25, -0.2) is 0 Å². The number of rotatable bonds is 0. The Hall–Kier alpha value is -0.200. The molecule has 0 aliphatic rings. The molecule has 15 heavy (non-hydrogen) atoms. The molecular formula is C10H30O5. The first-order valence-electron chi connectivity index (χ1n) is 5.12. The molecule has 0 radical (unpaired) electrons. The fourth-order valence-electron chi connectivity index (χ4n) is 0. The van der Waals surface area contributed by atoms with Gasteiger partial charge in [0.1, 0.15) is 0 Å². The van der Waals surface area contributed by atoms with Crippen molar-refractivity contribution >= 4 is 0 Å². The molecule has 0 aromatic rings. The van der Waals surface area contributed by atoms with E-state index < -0.39 is 0 Å². The Morgan fingerprint density at radius 1 is 0.400 bits per heavy atom. The van der Waals surface area contributed by atoms with Crippen LogP contribution in [0.5, 0.6) is 0 Å². The Morgan fingerprint density at radius 2 is 0.400 bits per heavy atom. The van der Waals surface area contributed by atoms with Crippen molar-refractivity contribution in [2.24, 2.45) is 0 Å². The van der Waals surface area contributed by atoms with Gasteiger partial charge in [0.05, 0.1) is 0 Å². The van der Waals surface area contributed by atoms with E-state index in [1.807, 2.05) is 0 Å². The van der Waals surface area contributed by atoms with E-state index in [4.69, 9.17) is 25.5 Å². The first-order valence-corrected chi connectivity index (χ1v) is 5.12. The van der Waals surface area contributed by atoms with E-state index in [0.29, 0.717) is 0 Å². The molecular weight excluding hydrogens is 200 g/mol. The van der Waals surface area contributed by atoms with Gasteiger partial charge < -0.3 is 25.5 Å². The van der Waals surface area contributed by atoms with Crippen LogP contribution in [-0.2, 0) is 0 Å². The highest BCUT2D eigenvalue weighted by Crippen LogP contribution is 1.31. The highest BCUT2D eigenvalue weighted by Gasteiger charge is 1.35. The number of hydrogen-bond acceptors (Lipinski definition) is 5. The van der Waals surface area contributed by atoms with Crippen LogP contribution in [0.15, 0.2) is 0 Å². The molecule has 0 aliphatic carbocycles. The first kappa shape index (κ1) is 29.3. The number of aliphatic hydroxyl groups excluding tert-OH is 5. The minimum Gasteiger partial charge on any atom is -0.397 e. The third-order valence-electron chi connectivity index (χ3n) is 0. The smallest absolute Gasteiger partial charge is 0.0402 e. The van der Waals surface area contributed by atoms with Gasteiger partial charge in [-0.05, 0) is 34.6 Å². The molecule has 0 saturated heterocycles. The Kier molecular flexibility index (Phi) is 192. The Bertz CT molecular complexity index is 25.4. The van der Waals surface area contributed by atoms with Gasteiger partial charge in [-0.3, -0.25) is 0 Å². The second-order valence-corrected chi connectivity index (χ2v) is 1.58. The van der Waals surface area contributed by atoms with Gasteiger partial charge in [-0.2, -0.15) is 0 Å². The summed E-state index contributed by atoms with van der Waals surface area (Å²) < 4.78 is 0. The van der Waals surface area contributed by atoms with E-state index in [2.05, 4.69) is 0 Å². The molecule has 0 rings (SSSR count). The molecule has 5 nitrogen and oxygen atoms in total. The lowest BCUT2D eigenvalue weighted by molar-refractivity contribution is 0.318. The van der Waals surface area contributed by atoms with Gasteiger partial charge in [0, 0.05) is 33.0 Å². The van der Waals surface area contributed by atoms with Crippen LogP contribution in [0.3, 0.4) is 0 Å². The van der Waals surface area contributed by atoms with Gasteiger partial charge in [-0.15, -0.1) is 0 Å². The molecule has 0 aromatic heterocycles. The summed E-state index contributed by atoms with van der Waals surface area (Å²) >= 11 is 0. The summed E-state index contributed by atoms with van der Waals surface area (Å²) in [6, 6.07) is 0. The van der Waals surface area contributed by atoms with Gasteiger partial charge in [0.25, 0.3) is 0 Å². The molecule has 0 aromatic carbocycles. The van der Waals surface area contributed by atoms with E-state index in [1.54, 1.807) is 34.6 Å². The maximum absolute atomic E-state index is 7.57. The second-order valence-electron chi connectivity index (χ2n) is 1.58. The molecule has 100 valence electrons. The highest BCUT2D eigenvalue weighted by molar-refractivity contribution is 3.85. The van der Waals surface area contributed by atoms with Crippen molar-refractivity contribution in [3.05, 3.63) is 0 Å². The Labute approximate surface area is 94.0 Å². The van der Waals surface area contributed by atoms with E-state index in [0.717, 1.165) is 0 Å². The van der Waals surface area contributed by atoms with Gasteiger partial charge >= 0.3 is 0 Å². The molecule has 0 unspecified atom stereocenters. The fourth-order valence-corrected chi connectivity index (χ4v) is 0. The van der Waals surface area contributed by atoms with Crippen molar-refractivity contribution < 1.29 is 25.5 Å². The summed E-state index contributed by atoms with van der Waals surface area (Å²) in [7, 11) is 0. The van der Waals surface area contributed by atoms with E-state index >= 15 is 0 Å². The van der Waals surface area contributed by atoms with Crippen molar-refractivity contribution in [3.8, 4) is 0 Å². The predicted molar refractivity (Wildman–Crippen MR) is 63.8 cm³/mol. The minimum atomic E-state index is 0.250. The number of aliphatic hydroxyl groups is 5. The van der Waals surface area contributed by atoms with E-state index in [-0.39, 0.29) is 33.0 Å². The average molecular weight is 230 g/mol. The molecule has 0 heterocycles. The second kappa shape index (κ2) is 98.1. The van der Waals surface area contributed by atoms with Crippen molar-refractivity contribution in [3.63, 3.8) is 0 Å². The predicted octanol–water partition coefficient (Wildman–Crippen LogP) is -0.00700. The van der Waals surface area contributed by atoms with Gasteiger partial charge in [-0.1, -0.05) is 0 Å². The Balaban J connectivity index is -0.0000000278. The summed E-state index contributed by atoms with van der Waals surface area (Å²) in [5.41, 5.74) is 0. The molecule has 0 bridgehead atoms. The molecule has 0 fully saturated rings. The molecule has 0 amide bonds. The van der Waals surface area contributed by atoms with E-state index in [1.165, 1.54) is 0 Å². The molecule has 0 atom stereocenters. The van der Waals surface area contributed by atoms with Crippen molar-refractivity contribution in [2.75, 3.05) is 33.0 Å². The minimum absolute atomic E-state index is 0.250. The van der Waals surface area contributed by atoms with Crippen LogP contribution < -0.4 is 0 Å². The van der Waals surface area contributed by atoms with Crippen molar-refractivity contribution in [1.29, 1.82) is 0 Å². The van der Waals surface area contributed by atoms with Crippen LogP contribution >= 0.6 is 0 Å². The lowest BCUT2D eigenvalue weighted by Crippen LogP contribution is -1.57.